The van der Waals surface area contributed by atoms with Gasteiger partial charge in [-0.25, -0.2) is 4.39 Å². The fourth-order valence-electron chi connectivity index (χ4n) is 1.80. The van der Waals surface area contributed by atoms with E-state index in [1.807, 2.05) is 6.07 Å². The van der Waals surface area contributed by atoms with Gasteiger partial charge in [0.25, 0.3) is 5.91 Å². The monoisotopic (exact) mass is 276 g/mol. The summed E-state index contributed by atoms with van der Waals surface area (Å²) < 4.78 is 13.6. The lowest BCUT2D eigenvalue weighted by molar-refractivity contribution is 0.0731. The predicted molar refractivity (Wildman–Crippen MR) is 74.3 cm³/mol. The number of benzene rings is 1. The number of nitrogens with zero attached hydrogens (tertiary/aromatic N) is 2. The number of piperazine rings is 1. The van der Waals surface area contributed by atoms with Crippen LogP contribution in [0.15, 0.2) is 18.2 Å². The number of nitriles is 1. The van der Waals surface area contributed by atoms with E-state index in [9.17, 15) is 9.18 Å². The van der Waals surface area contributed by atoms with Crippen molar-refractivity contribution in [3.05, 3.63) is 35.1 Å². The van der Waals surface area contributed by atoms with Crippen LogP contribution in [0.5, 0.6) is 0 Å². The van der Waals surface area contributed by atoms with Crippen LogP contribution in [-0.4, -0.2) is 43.2 Å². The van der Waals surface area contributed by atoms with Gasteiger partial charge in [-0.2, -0.15) is 5.26 Å². The molecule has 1 aromatic rings. The lowest BCUT2D eigenvalue weighted by Gasteiger charge is -2.27. The molecular weight excluding hydrogens is 259 g/mol. The molecule has 0 atom stereocenters. The fraction of sp³-hybridized carbons (Fsp3) is 0.357. The lowest BCUT2D eigenvalue weighted by Crippen LogP contribution is -2.46. The SMILES string of the molecule is CC=N.N#Cc1ccc(C(=O)N2CCNCC2)c(F)c1. The number of nitrogens with one attached hydrogen (secondary N) is 2. The smallest absolute Gasteiger partial charge is 0.256 e. The fourth-order valence-corrected chi connectivity index (χ4v) is 1.80. The molecule has 1 heterocycles. The van der Waals surface area contributed by atoms with E-state index in [1.165, 1.54) is 18.3 Å². The Morgan fingerprint density at radius 2 is 2.10 bits per heavy atom. The molecule has 1 aliphatic heterocycles. The highest BCUT2D eigenvalue weighted by molar-refractivity contribution is 5.94. The zero-order chi connectivity index (χ0) is 15.0. The Balaban J connectivity index is 0.000000612. The van der Waals surface area contributed by atoms with Crippen LogP contribution in [0, 0.1) is 22.6 Å². The molecule has 0 saturated carbocycles. The number of carbonyl (C=O) groups excluding carboxylic acids is 1. The molecule has 0 radical (unpaired) electrons. The summed E-state index contributed by atoms with van der Waals surface area (Å²) in [5.41, 5.74) is 0.255. The highest BCUT2D eigenvalue weighted by Gasteiger charge is 2.20. The van der Waals surface area contributed by atoms with Crippen molar-refractivity contribution < 1.29 is 9.18 Å². The van der Waals surface area contributed by atoms with Crippen molar-refractivity contribution in [2.24, 2.45) is 0 Å². The van der Waals surface area contributed by atoms with Gasteiger partial charge >= 0.3 is 0 Å². The minimum absolute atomic E-state index is 0.0332. The zero-order valence-electron chi connectivity index (χ0n) is 11.3. The first-order valence-electron chi connectivity index (χ1n) is 6.28. The Morgan fingerprint density at radius 1 is 1.50 bits per heavy atom. The van der Waals surface area contributed by atoms with Crippen LogP contribution in [-0.2, 0) is 0 Å². The van der Waals surface area contributed by atoms with Gasteiger partial charge in [-0.15, -0.1) is 0 Å². The second-order valence-electron chi connectivity index (χ2n) is 4.14. The molecule has 1 aliphatic rings. The standard InChI is InChI=1S/C12H12FN3O.C2H5N/c13-11-7-9(8-14)1-2-10(11)12(17)16-5-3-15-4-6-16;1-2-3/h1-2,7,15H,3-6H2;2-3H,1H3. The summed E-state index contributed by atoms with van der Waals surface area (Å²) in [4.78, 5) is 13.6. The Bertz CT molecular complexity index is 518. The summed E-state index contributed by atoms with van der Waals surface area (Å²) >= 11 is 0. The third-order valence-corrected chi connectivity index (χ3v) is 2.73. The van der Waals surface area contributed by atoms with Crippen LogP contribution in [0.2, 0.25) is 0 Å². The molecule has 1 fully saturated rings. The predicted octanol–water partition coefficient (Wildman–Crippen LogP) is 1.40. The molecule has 2 N–H and O–H groups in total. The van der Waals surface area contributed by atoms with Crippen molar-refractivity contribution >= 4 is 12.1 Å². The summed E-state index contributed by atoms with van der Waals surface area (Å²) in [5, 5.41) is 17.8. The Labute approximate surface area is 117 Å². The highest BCUT2D eigenvalue weighted by Crippen LogP contribution is 2.13. The third kappa shape index (κ3) is 4.14. The third-order valence-electron chi connectivity index (χ3n) is 2.73. The van der Waals surface area contributed by atoms with E-state index in [0.717, 1.165) is 19.2 Å². The molecule has 0 spiro atoms. The van der Waals surface area contributed by atoms with Gasteiger partial charge in [-0.05, 0) is 31.3 Å². The van der Waals surface area contributed by atoms with Crippen molar-refractivity contribution in [1.82, 2.24) is 10.2 Å². The lowest BCUT2D eigenvalue weighted by atomic mass is 10.1. The van der Waals surface area contributed by atoms with Gasteiger partial charge in [0.1, 0.15) is 5.82 Å². The minimum Gasteiger partial charge on any atom is -0.336 e. The maximum Gasteiger partial charge on any atom is 0.256 e. The summed E-state index contributed by atoms with van der Waals surface area (Å²) in [6.07, 6.45) is 1.25. The van der Waals surface area contributed by atoms with Crippen molar-refractivity contribution in [1.29, 1.82) is 10.7 Å². The van der Waals surface area contributed by atoms with Gasteiger partial charge in [0.2, 0.25) is 0 Å². The molecule has 20 heavy (non-hydrogen) atoms. The molecule has 6 heteroatoms. The van der Waals surface area contributed by atoms with Gasteiger partial charge in [0, 0.05) is 26.2 Å². The van der Waals surface area contributed by atoms with E-state index in [4.69, 9.17) is 10.7 Å². The van der Waals surface area contributed by atoms with Gasteiger partial charge < -0.3 is 15.6 Å². The minimum atomic E-state index is -0.632. The summed E-state index contributed by atoms with van der Waals surface area (Å²) in [5.74, 6) is -0.943. The second-order valence-corrected chi connectivity index (χ2v) is 4.14. The molecule has 2 rings (SSSR count). The molecule has 1 amide bonds. The Kier molecular flexibility index (Phi) is 6.33. The number of halogens is 1. The average molecular weight is 276 g/mol. The maximum absolute atomic E-state index is 13.6. The number of amides is 1. The molecule has 1 saturated heterocycles. The van der Waals surface area contributed by atoms with Crippen LogP contribution in [0.3, 0.4) is 0 Å². The van der Waals surface area contributed by atoms with E-state index in [0.29, 0.717) is 13.1 Å². The molecule has 0 aliphatic carbocycles. The largest absolute Gasteiger partial charge is 0.336 e. The number of carbonyl (C=O) groups is 1. The van der Waals surface area contributed by atoms with Crippen molar-refractivity contribution in [2.75, 3.05) is 26.2 Å². The Hall–Kier alpha value is -2.26. The van der Waals surface area contributed by atoms with Crippen molar-refractivity contribution in [2.45, 2.75) is 6.92 Å². The van der Waals surface area contributed by atoms with E-state index < -0.39 is 5.82 Å². The van der Waals surface area contributed by atoms with Gasteiger partial charge in [0.15, 0.2) is 0 Å². The van der Waals surface area contributed by atoms with Gasteiger partial charge in [-0.3, -0.25) is 4.79 Å². The van der Waals surface area contributed by atoms with Gasteiger partial charge in [-0.1, -0.05) is 0 Å². The van der Waals surface area contributed by atoms with Crippen LogP contribution in [0.1, 0.15) is 22.8 Å². The van der Waals surface area contributed by atoms with Crippen LogP contribution in [0.4, 0.5) is 4.39 Å². The molecule has 5 nitrogen and oxygen atoms in total. The van der Waals surface area contributed by atoms with Crippen LogP contribution < -0.4 is 5.32 Å². The molecule has 1 aromatic carbocycles. The first kappa shape index (κ1) is 15.8. The molecule has 0 bridgehead atoms. The maximum atomic E-state index is 13.6. The number of rotatable bonds is 1. The van der Waals surface area contributed by atoms with E-state index >= 15 is 0 Å². The molecular formula is C14H17FN4O. The first-order chi connectivity index (χ1) is 9.63. The van der Waals surface area contributed by atoms with Crippen molar-refractivity contribution in [3.8, 4) is 6.07 Å². The van der Waals surface area contributed by atoms with E-state index in [2.05, 4.69) is 5.32 Å². The number of hydrogen-bond donors (Lipinski definition) is 2. The first-order valence-corrected chi connectivity index (χ1v) is 6.28. The quantitative estimate of drug-likeness (QED) is 0.761. The van der Waals surface area contributed by atoms with E-state index in [-0.39, 0.29) is 17.0 Å². The van der Waals surface area contributed by atoms with Crippen molar-refractivity contribution in [3.63, 3.8) is 0 Å². The highest BCUT2D eigenvalue weighted by atomic mass is 19.1. The summed E-state index contributed by atoms with van der Waals surface area (Å²) in [6.45, 7) is 4.28. The topological polar surface area (TPSA) is 80.0 Å². The normalized spacial score (nSPS) is 13.8. The number of hydrogen-bond acceptors (Lipinski definition) is 4. The summed E-state index contributed by atoms with van der Waals surface area (Å²) in [7, 11) is 0. The average Bonchev–Trinajstić information content (AvgIpc) is 2.48. The zero-order valence-corrected chi connectivity index (χ0v) is 11.3. The van der Waals surface area contributed by atoms with Crippen LogP contribution >= 0.6 is 0 Å². The molecule has 106 valence electrons. The summed E-state index contributed by atoms with van der Waals surface area (Å²) in [6, 6.07) is 5.76. The van der Waals surface area contributed by atoms with Gasteiger partial charge in [0.05, 0.1) is 17.2 Å². The second kappa shape index (κ2) is 8.02. The molecule has 0 aromatic heterocycles. The molecule has 0 unspecified atom stereocenters. The Morgan fingerprint density at radius 3 is 2.60 bits per heavy atom. The van der Waals surface area contributed by atoms with E-state index in [1.54, 1.807) is 11.8 Å². The van der Waals surface area contributed by atoms with Crippen LogP contribution in [0.25, 0.3) is 0 Å².